The Morgan fingerprint density at radius 1 is 0.365 bits per heavy atom. The van der Waals surface area contributed by atoms with Gasteiger partial charge in [-0.2, -0.15) is 0 Å². The number of hydrogen-bond donors (Lipinski definition) is 8. The van der Waals surface area contributed by atoms with Gasteiger partial charge in [0.25, 0.3) is 0 Å². The van der Waals surface area contributed by atoms with Gasteiger partial charge in [0.15, 0.2) is 0 Å². The molecule has 8 N–H and O–H groups in total. The summed E-state index contributed by atoms with van der Waals surface area (Å²) in [4.78, 5) is 90.7. The lowest BCUT2D eigenvalue weighted by Crippen LogP contribution is -2.17. The van der Waals surface area contributed by atoms with Crippen LogP contribution >= 0.6 is 0 Å². The molecular formula is C36H28O16. The van der Waals surface area contributed by atoms with Crippen molar-refractivity contribution < 1.29 is 79.2 Å². The molecular weight excluding hydrogens is 688 g/mol. The summed E-state index contributed by atoms with van der Waals surface area (Å²) in [5, 5.41) is 73.8. The van der Waals surface area contributed by atoms with Crippen LogP contribution in [0, 0.1) is 0 Å². The molecule has 0 amide bonds. The molecule has 0 radical (unpaired) electrons. The molecule has 0 spiro atoms. The predicted octanol–water partition coefficient (Wildman–Crippen LogP) is 5.26. The van der Waals surface area contributed by atoms with Crippen LogP contribution in [0.15, 0.2) is 72.8 Å². The molecule has 52 heavy (non-hydrogen) atoms. The van der Waals surface area contributed by atoms with Crippen LogP contribution < -0.4 is 0 Å². The van der Waals surface area contributed by atoms with E-state index < -0.39 is 81.8 Å². The molecule has 0 unspecified atom stereocenters. The van der Waals surface area contributed by atoms with Crippen molar-refractivity contribution in [1.29, 1.82) is 0 Å². The average Bonchev–Trinajstić information content (AvgIpc) is 3.09. The van der Waals surface area contributed by atoms with E-state index in [9.17, 15) is 69.0 Å². The maximum Gasteiger partial charge on any atom is 0.336 e. The lowest BCUT2D eigenvalue weighted by molar-refractivity contribution is 0.0648. The number of carbonyl (C=O) groups is 8. The molecule has 0 aliphatic heterocycles. The standard InChI is InChI=1S/2C18H14O8/c1-8(9-2-4-11(15(19)20)13(6-9)17(23)24)10-3-5-12(16(21)22)14(7-10)18(25)26;1-8(9-4-2-6-11(15(19)20)13(9)17(23)24)10-5-3-7-12(16(21)22)14(10)18(25)26/h2*2-8H,1H3,(H,19,20)(H,21,22)(H,23,24)(H,25,26). The van der Waals surface area contributed by atoms with Crippen LogP contribution in [0.1, 0.15) is 131 Å². The maximum absolute atomic E-state index is 11.6. The zero-order valence-electron chi connectivity index (χ0n) is 26.9. The van der Waals surface area contributed by atoms with Crippen molar-refractivity contribution >= 4 is 47.8 Å². The molecule has 0 aliphatic rings. The van der Waals surface area contributed by atoms with Crippen LogP contribution in [-0.2, 0) is 0 Å². The van der Waals surface area contributed by atoms with E-state index in [0.29, 0.717) is 11.1 Å². The van der Waals surface area contributed by atoms with E-state index in [1.807, 2.05) is 0 Å². The number of aromatic carboxylic acids is 8. The van der Waals surface area contributed by atoms with Crippen molar-refractivity contribution in [3.8, 4) is 0 Å². The van der Waals surface area contributed by atoms with Crippen LogP contribution in [0.5, 0.6) is 0 Å². The van der Waals surface area contributed by atoms with Gasteiger partial charge in [-0.1, -0.05) is 50.2 Å². The van der Waals surface area contributed by atoms with Crippen LogP contribution in [0.3, 0.4) is 0 Å². The Kier molecular flexibility index (Phi) is 12.0. The van der Waals surface area contributed by atoms with E-state index in [4.69, 9.17) is 10.2 Å². The molecule has 0 heterocycles. The monoisotopic (exact) mass is 716 g/mol. The van der Waals surface area contributed by atoms with Crippen LogP contribution in [-0.4, -0.2) is 88.6 Å². The van der Waals surface area contributed by atoms with E-state index >= 15 is 0 Å². The Morgan fingerprint density at radius 2 is 0.673 bits per heavy atom. The van der Waals surface area contributed by atoms with Gasteiger partial charge in [0, 0.05) is 11.8 Å². The summed E-state index contributed by atoms with van der Waals surface area (Å²) in [6.07, 6.45) is 0. The SMILES string of the molecule is CC(c1ccc(C(=O)O)c(C(=O)O)c1)c1ccc(C(=O)O)c(C(=O)O)c1.CC(c1cccc(C(=O)O)c1C(=O)O)c1cccc(C(=O)O)c1C(=O)O. The summed E-state index contributed by atoms with van der Waals surface area (Å²) in [6.45, 7) is 3.16. The summed E-state index contributed by atoms with van der Waals surface area (Å²) < 4.78 is 0. The molecule has 0 atom stereocenters. The number of benzene rings is 4. The second-order valence-electron chi connectivity index (χ2n) is 11.0. The summed E-state index contributed by atoms with van der Waals surface area (Å²) in [7, 11) is 0. The zero-order chi connectivity index (χ0) is 39.2. The maximum atomic E-state index is 11.6. The van der Waals surface area contributed by atoms with Gasteiger partial charge in [0.05, 0.1) is 44.5 Å². The lowest BCUT2D eigenvalue weighted by Gasteiger charge is -2.19. The third-order valence-corrected chi connectivity index (χ3v) is 8.02. The minimum Gasteiger partial charge on any atom is -0.478 e. The first-order chi connectivity index (χ1) is 24.3. The second-order valence-corrected chi connectivity index (χ2v) is 11.0. The predicted molar refractivity (Wildman–Crippen MR) is 176 cm³/mol. The molecule has 0 fully saturated rings. The first-order valence-corrected chi connectivity index (χ1v) is 14.7. The van der Waals surface area contributed by atoms with Crippen molar-refractivity contribution in [3.05, 3.63) is 140 Å². The van der Waals surface area contributed by atoms with E-state index in [-0.39, 0.29) is 33.4 Å². The molecule has 16 heteroatoms. The molecule has 16 nitrogen and oxygen atoms in total. The minimum absolute atomic E-state index is 0.0717. The molecule has 4 aromatic carbocycles. The van der Waals surface area contributed by atoms with Gasteiger partial charge < -0.3 is 40.9 Å². The third-order valence-electron chi connectivity index (χ3n) is 8.02. The Labute approximate surface area is 292 Å². The highest BCUT2D eigenvalue weighted by Crippen LogP contribution is 2.33. The molecule has 0 bridgehead atoms. The summed E-state index contributed by atoms with van der Waals surface area (Å²) >= 11 is 0. The highest BCUT2D eigenvalue weighted by Gasteiger charge is 2.28. The quantitative estimate of drug-likeness (QED) is 0.0926. The third kappa shape index (κ3) is 8.25. The number of rotatable bonds is 12. The van der Waals surface area contributed by atoms with Gasteiger partial charge in [0.1, 0.15) is 0 Å². The Hall–Kier alpha value is -7.36. The van der Waals surface area contributed by atoms with Crippen molar-refractivity contribution in [2.24, 2.45) is 0 Å². The first kappa shape index (κ1) is 39.1. The highest BCUT2D eigenvalue weighted by atomic mass is 16.4. The molecule has 4 rings (SSSR count). The smallest absolute Gasteiger partial charge is 0.336 e. The Morgan fingerprint density at radius 3 is 0.942 bits per heavy atom. The average molecular weight is 717 g/mol. The van der Waals surface area contributed by atoms with Crippen LogP contribution in [0.2, 0.25) is 0 Å². The van der Waals surface area contributed by atoms with E-state index in [1.165, 1.54) is 67.6 Å². The van der Waals surface area contributed by atoms with Gasteiger partial charge in [0.2, 0.25) is 0 Å². The Balaban J connectivity index is 0.000000280. The summed E-state index contributed by atoms with van der Waals surface area (Å²) in [6, 6.07) is 15.3. The van der Waals surface area contributed by atoms with Crippen molar-refractivity contribution in [2.45, 2.75) is 25.7 Å². The number of hydrogen-bond acceptors (Lipinski definition) is 8. The van der Waals surface area contributed by atoms with Gasteiger partial charge in [-0.15, -0.1) is 0 Å². The number of carboxylic acid groups (broad SMARTS) is 8. The topological polar surface area (TPSA) is 298 Å². The summed E-state index contributed by atoms with van der Waals surface area (Å²) in [5.41, 5.74) is -2.26. The highest BCUT2D eigenvalue weighted by molar-refractivity contribution is 6.05. The van der Waals surface area contributed by atoms with Gasteiger partial charge in [-0.05, 0) is 58.7 Å². The van der Waals surface area contributed by atoms with Crippen LogP contribution in [0.25, 0.3) is 0 Å². The normalized spacial score (nSPS) is 10.5. The lowest BCUT2D eigenvalue weighted by atomic mass is 9.84. The molecule has 0 saturated carbocycles. The van der Waals surface area contributed by atoms with Crippen LogP contribution in [0.4, 0.5) is 0 Å². The van der Waals surface area contributed by atoms with Crippen molar-refractivity contribution in [1.82, 2.24) is 0 Å². The first-order valence-electron chi connectivity index (χ1n) is 14.7. The van der Waals surface area contributed by atoms with E-state index in [0.717, 1.165) is 12.1 Å². The van der Waals surface area contributed by atoms with E-state index in [1.54, 1.807) is 6.92 Å². The molecule has 0 saturated heterocycles. The fourth-order valence-corrected chi connectivity index (χ4v) is 5.45. The fraction of sp³-hybridized carbons (Fsp3) is 0.111. The summed E-state index contributed by atoms with van der Waals surface area (Å²) in [5.74, 6) is -12.7. The molecule has 0 aromatic heterocycles. The largest absolute Gasteiger partial charge is 0.478 e. The van der Waals surface area contributed by atoms with Crippen molar-refractivity contribution in [2.75, 3.05) is 0 Å². The second kappa shape index (κ2) is 15.9. The minimum atomic E-state index is -1.48. The Bertz CT molecular complexity index is 2010. The molecule has 0 aliphatic carbocycles. The van der Waals surface area contributed by atoms with Gasteiger partial charge in [-0.25, -0.2) is 38.4 Å². The van der Waals surface area contributed by atoms with Gasteiger partial charge >= 0.3 is 47.8 Å². The molecule has 268 valence electrons. The molecule has 4 aromatic rings. The van der Waals surface area contributed by atoms with Gasteiger partial charge in [-0.3, -0.25) is 0 Å². The number of carboxylic acids is 8. The van der Waals surface area contributed by atoms with E-state index in [2.05, 4.69) is 0 Å². The fourth-order valence-electron chi connectivity index (χ4n) is 5.45. The zero-order valence-corrected chi connectivity index (χ0v) is 26.9. The van der Waals surface area contributed by atoms with Crippen molar-refractivity contribution in [3.63, 3.8) is 0 Å².